The summed E-state index contributed by atoms with van der Waals surface area (Å²) in [6, 6.07) is 17.2. The second kappa shape index (κ2) is 7.36. The van der Waals surface area contributed by atoms with Gasteiger partial charge in [0, 0.05) is 23.3 Å². The largest absolute Gasteiger partial charge is 0.289 e. The smallest absolute Gasteiger partial charge is 0.270 e. The molecule has 4 rings (SSSR count). The summed E-state index contributed by atoms with van der Waals surface area (Å²) in [5, 5.41) is 11.0. The van der Waals surface area contributed by atoms with Crippen molar-refractivity contribution in [3.05, 3.63) is 110 Å². The molecule has 1 aliphatic rings. The number of non-ortho nitro benzene ring substituents is 1. The number of carbonyl (C=O) groups excluding carboxylic acids is 3. The maximum atomic E-state index is 12.8. The third kappa shape index (κ3) is 3.37. The highest BCUT2D eigenvalue weighted by Crippen LogP contribution is 2.27. The maximum absolute atomic E-state index is 12.8. The first-order valence-electron chi connectivity index (χ1n) is 9.20. The minimum Gasteiger partial charge on any atom is -0.289 e. The fourth-order valence-electron chi connectivity index (χ4n) is 3.38. The Hall–Kier alpha value is -4.13. The van der Waals surface area contributed by atoms with Crippen LogP contribution in [0.25, 0.3) is 0 Å². The molecule has 0 fully saturated rings. The van der Waals surface area contributed by atoms with Crippen molar-refractivity contribution in [3.8, 4) is 0 Å². The predicted octanol–water partition coefficient (Wildman–Crippen LogP) is 3.93. The lowest BCUT2D eigenvalue weighted by atomic mass is 9.99. The molecular weight excluding hydrogens is 384 g/mol. The molecule has 1 heterocycles. The van der Waals surface area contributed by atoms with Crippen LogP contribution in [0.4, 0.5) is 5.69 Å². The van der Waals surface area contributed by atoms with E-state index in [2.05, 4.69) is 0 Å². The summed E-state index contributed by atoms with van der Waals surface area (Å²) in [6.45, 7) is 2.09. The number of aryl methyl sites for hydroxylation is 1. The van der Waals surface area contributed by atoms with Crippen molar-refractivity contribution in [2.75, 3.05) is 0 Å². The Morgan fingerprint density at radius 3 is 2.27 bits per heavy atom. The highest BCUT2D eigenvalue weighted by Gasteiger charge is 2.36. The molecule has 0 bridgehead atoms. The van der Waals surface area contributed by atoms with E-state index in [4.69, 9.17) is 0 Å². The monoisotopic (exact) mass is 400 g/mol. The number of hydrogen-bond acceptors (Lipinski definition) is 5. The number of nitro groups is 1. The Bertz CT molecular complexity index is 1210. The van der Waals surface area contributed by atoms with Gasteiger partial charge in [0.1, 0.15) is 0 Å². The summed E-state index contributed by atoms with van der Waals surface area (Å²) < 4.78 is 0. The topological polar surface area (TPSA) is 97.6 Å². The lowest BCUT2D eigenvalue weighted by Gasteiger charge is -2.13. The predicted molar refractivity (Wildman–Crippen MR) is 108 cm³/mol. The first-order valence-corrected chi connectivity index (χ1v) is 9.20. The molecule has 148 valence electrons. The summed E-state index contributed by atoms with van der Waals surface area (Å²) in [4.78, 5) is 49.8. The van der Waals surface area contributed by atoms with Crippen LogP contribution in [0, 0.1) is 17.0 Å². The maximum Gasteiger partial charge on any atom is 0.270 e. The fraction of sp³-hybridized carbons (Fsp3) is 0.0870. The number of hydrogen-bond donors (Lipinski definition) is 0. The molecule has 7 heteroatoms. The van der Waals surface area contributed by atoms with Gasteiger partial charge in [-0.1, -0.05) is 48.0 Å². The van der Waals surface area contributed by atoms with Crippen LogP contribution >= 0.6 is 0 Å². The highest BCUT2D eigenvalue weighted by molar-refractivity contribution is 6.22. The minimum atomic E-state index is -0.579. The van der Waals surface area contributed by atoms with Crippen molar-refractivity contribution < 1.29 is 19.3 Å². The number of benzene rings is 3. The van der Waals surface area contributed by atoms with E-state index in [1.165, 1.54) is 42.5 Å². The molecule has 0 saturated carbocycles. The molecule has 0 saturated heterocycles. The summed E-state index contributed by atoms with van der Waals surface area (Å²) in [5.41, 5.74) is 2.42. The molecule has 0 radical (unpaired) electrons. The molecule has 0 unspecified atom stereocenters. The van der Waals surface area contributed by atoms with Crippen LogP contribution in [0.2, 0.25) is 0 Å². The van der Waals surface area contributed by atoms with E-state index < -0.39 is 22.5 Å². The zero-order valence-corrected chi connectivity index (χ0v) is 16.0. The first kappa shape index (κ1) is 19.2. The Labute approximate surface area is 171 Å². The normalized spacial score (nSPS) is 12.8. The molecule has 0 N–H and O–H groups in total. The number of rotatable bonds is 5. The summed E-state index contributed by atoms with van der Waals surface area (Å²) >= 11 is 0. The van der Waals surface area contributed by atoms with Crippen LogP contribution in [0.5, 0.6) is 0 Å². The van der Waals surface area contributed by atoms with E-state index in [0.29, 0.717) is 0 Å². The zero-order chi connectivity index (χ0) is 21.4. The van der Waals surface area contributed by atoms with Gasteiger partial charge in [0.25, 0.3) is 17.5 Å². The van der Waals surface area contributed by atoms with Crippen molar-refractivity contribution in [3.63, 3.8) is 0 Å². The third-order valence-corrected chi connectivity index (χ3v) is 5.01. The zero-order valence-electron chi connectivity index (χ0n) is 16.0. The molecule has 30 heavy (non-hydrogen) atoms. The quantitative estimate of drug-likeness (QED) is 0.280. The summed E-state index contributed by atoms with van der Waals surface area (Å²) in [7, 11) is 0. The summed E-state index contributed by atoms with van der Waals surface area (Å²) in [5.74, 6) is -1.34. The van der Waals surface area contributed by atoms with Crippen LogP contribution in [-0.4, -0.2) is 27.4 Å². The van der Waals surface area contributed by atoms with Gasteiger partial charge >= 0.3 is 0 Å². The average Bonchev–Trinajstić information content (AvgIpc) is 2.99. The minimum absolute atomic E-state index is 0.137. The number of ketones is 1. The number of imide groups is 1. The molecule has 0 spiro atoms. The van der Waals surface area contributed by atoms with Crippen molar-refractivity contribution in [1.29, 1.82) is 0 Å². The van der Waals surface area contributed by atoms with Gasteiger partial charge in [-0.2, -0.15) is 0 Å². The van der Waals surface area contributed by atoms with E-state index in [9.17, 15) is 24.5 Å². The van der Waals surface area contributed by atoms with Gasteiger partial charge in [-0.25, -0.2) is 0 Å². The molecule has 0 aromatic heterocycles. The molecule has 0 aliphatic carbocycles. The number of amides is 2. The highest BCUT2D eigenvalue weighted by atomic mass is 16.6. The molecule has 3 aromatic rings. The molecule has 7 nitrogen and oxygen atoms in total. The van der Waals surface area contributed by atoms with E-state index in [-0.39, 0.29) is 34.5 Å². The van der Waals surface area contributed by atoms with E-state index in [1.54, 1.807) is 0 Å². The van der Waals surface area contributed by atoms with Crippen molar-refractivity contribution >= 4 is 23.3 Å². The molecule has 1 aliphatic heterocycles. The van der Waals surface area contributed by atoms with Gasteiger partial charge in [-0.3, -0.25) is 29.4 Å². The van der Waals surface area contributed by atoms with Crippen LogP contribution < -0.4 is 0 Å². The van der Waals surface area contributed by atoms with Crippen LogP contribution in [-0.2, 0) is 6.54 Å². The van der Waals surface area contributed by atoms with E-state index in [0.717, 1.165) is 16.0 Å². The summed E-state index contributed by atoms with van der Waals surface area (Å²) in [6.07, 6.45) is 0. The van der Waals surface area contributed by atoms with Gasteiger partial charge in [0.15, 0.2) is 5.78 Å². The molecule has 0 atom stereocenters. The number of nitrogens with zero attached hydrogens (tertiary/aromatic N) is 2. The van der Waals surface area contributed by atoms with Crippen molar-refractivity contribution in [2.45, 2.75) is 13.5 Å². The number of carbonyl (C=O) groups is 3. The lowest BCUT2D eigenvalue weighted by molar-refractivity contribution is -0.384. The van der Waals surface area contributed by atoms with Crippen molar-refractivity contribution in [2.24, 2.45) is 0 Å². The molecule has 3 aromatic carbocycles. The van der Waals surface area contributed by atoms with Gasteiger partial charge in [-0.15, -0.1) is 0 Å². The second-order valence-corrected chi connectivity index (χ2v) is 7.08. The first-order chi connectivity index (χ1) is 14.3. The standard InChI is InChI=1S/C23H16N2O5/c1-14-5-7-15(8-6-14)13-24-22(27)19-10-9-17(12-20(19)23(24)28)21(26)16-3-2-4-18(11-16)25(29)30/h2-12H,13H2,1H3. The molecule has 2 amide bonds. The Kier molecular flexibility index (Phi) is 4.71. The average molecular weight is 400 g/mol. The SMILES string of the molecule is Cc1ccc(CN2C(=O)c3ccc(C(=O)c4cccc([N+](=O)[O-])c4)cc3C2=O)cc1. The van der Waals surface area contributed by atoms with Gasteiger partial charge in [0.2, 0.25) is 0 Å². The Balaban J connectivity index is 1.63. The Morgan fingerprint density at radius 1 is 0.900 bits per heavy atom. The van der Waals surface area contributed by atoms with Crippen LogP contribution in [0.1, 0.15) is 47.8 Å². The molecular formula is C23H16N2O5. The van der Waals surface area contributed by atoms with E-state index >= 15 is 0 Å². The number of fused-ring (bicyclic) bond motifs is 1. The van der Waals surface area contributed by atoms with E-state index in [1.807, 2.05) is 31.2 Å². The van der Waals surface area contributed by atoms with Crippen molar-refractivity contribution in [1.82, 2.24) is 4.90 Å². The second-order valence-electron chi connectivity index (χ2n) is 7.08. The van der Waals surface area contributed by atoms with Gasteiger partial charge in [0.05, 0.1) is 22.6 Å². The van der Waals surface area contributed by atoms with Gasteiger partial charge < -0.3 is 0 Å². The fourth-order valence-corrected chi connectivity index (χ4v) is 3.38. The number of nitro benzene ring substituents is 1. The Morgan fingerprint density at radius 2 is 1.57 bits per heavy atom. The van der Waals surface area contributed by atoms with Gasteiger partial charge in [-0.05, 0) is 24.6 Å². The third-order valence-electron chi connectivity index (χ3n) is 5.01. The van der Waals surface area contributed by atoms with Crippen LogP contribution in [0.3, 0.4) is 0 Å². The van der Waals surface area contributed by atoms with Crippen LogP contribution in [0.15, 0.2) is 66.7 Å². The lowest BCUT2D eigenvalue weighted by Crippen LogP contribution is -2.29.